The SMILES string of the molecule is COc1ccc(Cn2c(=O)c3ccccc3c3nc(-c4ccccc4)oc32)cc1. The summed E-state index contributed by atoms with van der Waals surface area (Å²) >= 11 is 0. The van der Waals surface area contributed by atoms with Crippen molar-refractivity contribution in [3.8, 4) is 17.2 Å². The number of nitrogens with zero attached hydrogens (tertiary/aromatic N) is 2. The fourth-order valence-electron chi connectivity index (χ4n) is 3.55. The van der Waals surface area contributed by atoms with Gasteiger partial charge >= 0.3 is 0 Å². The van der Waals surface area contributed by atoms with Gasteiger partial charge in [0.2, 0.25) is 11.6 Å². The molecule has 0 unspecified atom stereocenters. The lowest BCUT2D eigenvalue weighted by atomic mass is 10.1. The molecule has 0 saturated carbocycles. The van der Waals surface area contributed by atoms with E-state index in [0.717, 1.165) is 22.3 Å². The van der Waals surface area contributed by atoms with Gasteiger partial charge in [0.1, 0.15) is 11.3 Å². The predicted octanol–water partition coefficient (Wildman–Crippen LogP) is 4.87. The van der Waals surface area contributed by atoms with Crippen LogP contribution in [-0.2, 0) is 6.54 Å². The Balaban J connectivity index is 1.75. The highest BCUT2D eigenvalue weighted by Gasteiger charge is 2.18. The molecule has 0 atom stereocenters. The number of methoxy groups -OCH3 is 1. The summed E-state index contributed by atoms with van der Waals surface area (Å²) in [4.78, 5) is 18.0. The average molecular weight is 382 g/mol. The van der Waals surface area contributed by atoms with Gasteiger partial charge in [-0.25, -0.2) is 4.98 Å². The van der Waals surface area contributed by atoms with Gasteiger partial charge in [-0.05, 0) is 35.9 Å². The standard InChI is InChI=1S/C24H18N2O3/c1-28-18-13-11-16(12-14-18)15-26-23(27)20-10-6-5-9-19(20)21-24(26)29-22(25-21)17-7-3-2-4-8-17/h2-14H,15H2,1H3. The lowest BCUT2D eigenvalue weighted by Crippen LogP contribution is -2.21. The van der Waals surface area contributed by atoms with Gasteiger partial charge in [0.15, 0.2) is 0 Å². The zero-order valence-corrected chi connectivity index (χ0v) is 15.8. The normalized spacial score (nSPS) is 11.2. The highest BCUT2D eigenvalue weighted by molar-refractivity contribution is 6.02. The first-order valence-corrected chi connectivity index (χ1v) is 9.35. The second-order valence-corrected chi connectivity index (χ2v) is 6.82. The summed E-state index contributed by atoms with van der Waals surface area (Å²) in [7, 11) is 1.63. The molecule has 5 nitrogen and oxygen atoms in total. The Morgan fingerprint density at radius 1 is 0.897 bits per heavy atom. The Labute approximate surface area is 166 Å². The molecule has 2 aromatic heterocycles. The van der Waals surface area contributed by atoms with E-state index < -0.39 is 0 Å². The van der Waals surface area contributed by atoms with E-state index in [1.54, 1.807) is 11.7 Å². The summed E-state index contributed by atoms with van der Waals surface area (Å²) in [6.45, 7) is 0.383. The molecule has 2 heterocycles. The topological polar surface area (TPSA) is 57.3 Å². The van der Waals surface area contributed by atoms with E-state index in [-0.39, 0.29) is 5.56 Å². The van der Waals surface area contributed by atoms with Crippen molar-refractivity contribution in [2.45, 2.75) is 6.54 Å². The van der Waals surface area contributed by atoms with Crippen LogP contribution in [0.3, 0.4) is 0 Å². The predicted molar refractivity (Wildman–Crippen MR) is 113 cm³/mol. The molecule has 142 valence electrons. The number of ether oxygens (including phenoxy) is 1. The maximum Gasteiger partial charge on any atom is 0.261 e. The minimum absolute atomic E-state index is 0.0975. The highest BCUT2D eigenvalue weighted by Crippen LogP contribution is 2.28. The largest absolute Gasteiger partial charge is 0.497 e. The first kappa shape index (κ1) is 17.3. The van der Waals surface area contributed by atoms with Crippen molar-refractivity contribution in [2.75, 3.05) is 7.11 Å². The summed E-state index contributed by atoms with van der Waals surface area (Å²) in [5.41, 5.74) is 2.91. The molecule has 29 heavy (non-hydrogen) atoms. The number of aromatic nitrogens is 2. The molecule has 0 aliphatic heterocycles. The van der Waals surface area contributed by atoms with Gasteiger partial charge in [-0.15, -0.1) is 0 Å². The molecule has 5 aromatic rings. The van der Waals surface area contributed by atoms with Crippen molar-refractivity contribution in [1.29, 1.82) is 0 Å². The smallest absolute Gasteiger partial charge is 0.261 e. The van der Waals surface area contributed by atoms with Crippen LogP contribution in [0.4, 0.5) is 0 Å². The summed E-state index contributed by atoms with van der Waals surface area (Å²) < 4.78 is 13.0. The number of fused-ring (bicyclic) bond motifs is 3. The van der Waals surface area contributed by atoms with E-state index in [4.69, 9.17) is 14.1 Å². The minimum Gasteiger partial charge on any atom is -0.497 e. The third-order valence-electron chi connectivity index (χ3n) is 5.03. The zero-order chi connectivity index (χ0) is 19.8. The molecule has 5 rings (SSSR count). The fraction of sp³-hybridized carbons (Fsp3) is 0.0833. The van der Waals surface area contributed by atoms with Crippen molar-refractivity contribution in [3.05, 3.63) is 94.8 Å². The molecule has 3 aromatic carbocycles. The van der Waals surface area contributed by atoms with Crippen LogP contribution in [0.5, 0.6) is 5.75 Å². The van der Waals surface area contributed by atoms with Gasteiger partial charge < -0.3 is 9.15 Å². The molecule has 0 aliphatic rings. The number of oxazole rings is 1. The van der Waals surface area contributed by atoms with Crippen molar-refractivity contribution in [1.82, 2.24) is 9.55 Å². The monoisotopic (exact) mass is 382 g/mol. The first-order valence-electron chi connectivity index (χ1n) is 9.35. The number of hydrogen-bond donors (Lipinski definition) is 0. The van der Waals surface area contributed by atoms with E-state index in [1.165, 1.54) is 0 Å². The molecule has 5 heteroatoms. The van der Waals surface area contributed by atoms with Gasteiger partial charge in [-0.3, -0.25) is 9.36 Å². The molecule has 0 saturated heterocycles. The van der Waals surface area contributed by atoms with Crippen LogP contribution in [0, 0.1) is 0 Å². The maximum absolute atomic E-state index is 13.3. The Morgan fingerprint density at radius 2 is 1.59 bits per heavy atom. The Bertz CT molecular complexity index is 1370. The third kappa shape index (κ3) is 2.97. The van der Waals surface area contributed by atoms with Crippen LogP contribution in [-0.4, -0.2) is 16.7 Å². The second kappa shape index (κ2) is 6.95. The van der Waals surface area contributed by atoms with Gasteiger partial charge in [0.05, 0.1) is 13.7 Å². The van der Waals surface area contributed by atoms with E-state index in [1.807, 2.05) is 78.9 Å². The number of pyridine rings is 1. The minimum atomic E-state index is -0.0975. The molecule has 0 amide bonds. The van der Waals surface area contributed by atoms with Gasteiger partial charge in [-0.2, -0.15) is 0 Å². The highest BCUT2D eigenvalue weighted by atomic mass is 16.5. The van der Waals surface area contributed by atoms with Crippen LogP contribution in [0.1, 0.15) is 5.56 Å². The van der Waals surface area contributed by atoms with Crippen molar-refractivity contribution >= 4 is 22.0 Å². The second-order valence-electron chi connectivity index (χ2n) is 6.82. The molecular weight excluding hydrogens is 364 g/mol. The van der Waals surface area contributed by atoms with Crippen LogP contribution in [0.25, 0.3) is 33.5 Å². The van der Waals surface area contributed by atoms with Crippen LogP contribution >= 0.6 is 0 Å². The maximum atomic E-state index is 13.3. The summed E-state index contributed by atoms with van der Waals surface area (Å²) in [5, 5.41) is 1.42. The Kier molecular flexibility index (Phi) is 4.13. The van der Waals surface area contributed by atoms with Crippen molar-refractivity contribution in [3.63, 3.8) is 0 Å². The van der Waals surface area contributed by atoms with E-state index >= 15 is 0 Å². The molecule has 0 spiro atoms. The molecule has 0 bridgehead atoms. The average Bonchev–Trinajstić information content (AvgIpc) is 3.23. The van der Waals surface area contributed by atoms with Gasteiger partial charge in [0.25, 0.3) is 5.56 Å². The summed E-state index contributed by atoms with van der Waals surface area (Å²) in [6, 6.07) is 24.9. The third-order valence-corrected chi connectivity index (χ3v) is 5.03. The first-order chi connectivity index (χ1) is 14.2. The fourth-order valence-corrected chi connectivity index (χ4v) is 3.55. The summed E-state index contributed by atoms with van der Waals surface area (Å²) in [5.74, 6) is 1.27. The Hall–Kier alpha value is -3.86. The van der Waals surface area contributed by atoms with Gasteiger partial charge in [-0.1, -0.05) is 48.5 Å². The van der Waals surface area contributed by atoms with E-state index in [0.29, 0.717) is 29.1 Å². The lowest BCUT2D eigenvalue weighted by molar-refractivity contribution is 0.414. The quantitative estimate of drug-likeness (QED) is 0.445. The van der Waals surface area contributed by atoms with Gasteiger partial charge in [0, 0.05) is 16.3 Å². The Morgan fingerprint density at radius 3 is 2.31 bits per heavy atom. The number of rotatable bonds is 4. The summed E-state index contributed by atoms with van der Waals surface area (Å²) in [6.07, 6.45) is 0. The molecule has 0 fully saturated rings. The molecule has 0 radical (unpaired) electrons. The number of benzene rings is 3. The number of hydrogen-bond acceptors (Lipinski definition) is 4. The lowest BCUT2D eigenvalue weighted by Gasteiger charge is -2.09. The van der Waals surface area contributed by atoms with Crippen molar-refractivity contribution < 1.29 is 9.15 Å². The molecule has 0 N–H and O–H groups in total. The van der Waals surface area contributed by atoms with Crippen LogP contribution in [0.15, 0.2) is 88.1 Å². The van der Waals surface area contributed by atoms with Crippen LogP contribution < -0.4 is 10.3 Å². The van der Waals surface area contributed by atoms with Crippen LogP contribution in [0.2, 0.25) is 0 Å². The van der Waals surface area contributed by atoms with Crippen molar-refractivity contribution in [2.24, 2.45) is 0 Å². The van der Waals surface area contributed by atoms with E-state index in [9.17, 15) is 4.79 Å². The molecule has 0 aliphatic carbocycles. The zero-order valence-electron chi connectivity index (χ0n) is 15.8. The van der Waals surface area contributed by atoms with E-state index in [2.05, 4.69) is 0 Å². The molecular formula is C24H18N2O3.